The standard InChI is InChI=1S/C22H24N4OS/c27-22(21-9-5-15-28-21)24-17-20(18-6-4-10-23-16-18)26-13-11-25(12-14-26)19-7-2-1-3-8-19/h1-10,15-16,20H,11-14,17H2,(H,24,27). The molecule has 1 aliphatic heterocycles. The minimum atomic E-state index is -0.00758. The maximum absolute atomic E-state index is 12.4. The van der Waals surface area contributed by atoms with Crippen LogP contribution >= 0.6 is 11.3 Å². The van der Waals surface area contributed by atoms with Crippen LogP contribution < -0.4 is 10.2 Å². The lowest BCUT2D eigenvalue weighted by atomic mass is 10.1. The number of carbonyl (C=O) groups is 1. The molecule has 6 heteroatoms. The zero-order chi connectivity index (χ0) is 19.2. The summed E-state index contributed by atoms with van der Waals surface area (Å²) in [6.07, 6.45) is 3.70. The summed E-state index contributed by atoms with van der Waals surface area (Å²) in [5.41, 5.74) is 2.41. The Bertz CT molecular complexity index is 862. The lowest BCUT2D eigenvalue weighted by Gasteiger charge is -2.40. The van der Waals surface area contributed by atoms with E-state index in [4.69, 9.17) is 0 Å². The van der Waals surface area contributed by atoms with Crippen molar-refractivity contribution in [2.75, 3.05) is 37.6 Å². The van der Waals surface area contributed by atoms with Crippen LogP contribution in [0.25, 0.3) is 0 Å². The van der Waals surface area contributed by atoms with E-state index in [-0.39, 0.29) is 11.9 Å². The average molecular weight is 393 g/mol. The third-order valence-corrected chi connectivity index (χ3v) is 6.02. The van der Waals surface area contributed by atoms with Crippen LogP contribution in [0.15, 0.2) is 72.4 Å². The van der Waals surface area contributed by atoms with E-state index in [1.807, 2.05) is 29.8 Å². The summed E-state index contributed by atoms with van der Waals surface area (Å²) in [4.78, 5) is 22.3. The van der Waals surface area contributed by atoms with Gasteiger partial charge in [0.05, 0.1) is 10.9 Å². The molecule has 0 aliphatic carbocycles. The normalized spacial score (nSPS) is 15.9. The highest BCUT2D eigenvalue weighted by molar-refractivity contribution is 7.12. The molecule has 0 spiro atoms. The van der Waals surface area contributed by atoms with Crippen LogP contribution in [-0.2, 0) is 0 Å². The van der Waals surface area contributed by atoms with Gasteiger partial charge in [-0.1, -0.05) is 30.3 Å². The Labute approximate surface area is 169 Å². The number of hydrogen-bond donors (Lipinski definition) is 1. The molecule has 1 aromatic carbocycles. The Kier molecular flexibility index (Phi) is 5.99. The van der Waals surface area contributed by atoms with Crippen LogP contribution in [0, 0.1) is 0 Å². The van der Waals surface area contributed by atoms with E-state index in [1.54, 1.807) is 6.20 Å². The lowest BCUT2D eigenvalue weighted by molar-refractivity contribution is 0.0934. The van der Waals surface area contributed by atoms with E-state index in [2.05, 4.69) is 56.5 Å². The van der Waals surface area contributed by atoms with E-state index < -0.39 is 0 Å². The Morgan fingerprint density at radius 3 is 2.54 bits per heavy atom. The van der Waals surface area contributed by atoms with Crippen molar-refractivity contribution < 1.29 is 4.79 Å². The van der Waals surface area contributed by atoms with Crippen molar-refractivity contribution in [1.82, 2.24) is 15.2 Å². The highest BCUT2D eigenvalue weighted by atomic mass is 32.1. The molecule has 0 saturated carbocycles. The first-order valence-corrected chi connectivity index (χ1v) is 10.4. The first kappa shape index (κ1) is 18.7. The van der Waals surface area contributed by atoms with Gasteiger partial charge in [0.2, 0.25) is 0 Å². The number of piperazine rings is 1. The zero-order valence-electron chi connectivity index (χ0n) is 15.7. The molecule has 0 bridgehead atoms. The smallest absolute Gasteiger partial charge is 0.261 e. The van der Waals surface area contributed by atoms with Gasteiger partial charge in [0.1, 0.15) is 0 Å². The van der Waals surface area contributed by atoms with Gasteiger partial charge in [-0.3, -0.25) is 14.7 Å². The number of amides is 1. The van der Waals surface area contributed by atoms with E-state index in [9.17, 15) is 4.79 Å². The third kappa shape index (κ3) is 4.40. The Balaban J connectivity index is 1.43. The van der Waals surface area contributed by atoms with Crippen LogP contribution in [0.5, 0.6) is 0 Å². The van der Waals surface area contributed by atoms with Gasteiger partial charge in [-0.05, 0) is 35.2 Å². The van der Waals surface area contributed by atoms with Gasteiger partial charge in [-0.25, -0.2) is 0 Å². The van der Waals surface area contributed by atoms with Crippen molar-refractivity contribution in [1.29, 1.82) is 0 Å². The molecule has 144 valence electrons. The first-order valence-electron chi connectivity index (χ1n) is 9.57. The number of carbonyl (C=O) groups excluding carboxylic acids is 1. The van der Waals surface area contributed by atoms with Gasteiger partial charge in [0.25, 0.3) is 5.91 Å². The van der Waals surface area contributed by atoms with Gasteiger partial charge >= 0.3 is 0 Å². The van der Waals surface area contributed by atoms with Crippen molar-refractivity contribution in [3.63, 3.8) is 0 Å². The molecule has 5 nitrogen and oxygen atoms in total. The number of anilines is 1. The molecule has 3 aromatic rings. The van der Waals surface area contributed by atoms with Gasteiger partial charge in [-0.2, -0.15) is 0 Å². The van der Waals surface area contributed by atoms with E-state index in [1.165, 1.54) is 17.0 Å². The maximum atomic E-state index is 12.4. The molecular formula is C22H24N4OS. The van der Waals surface area contributed by atoms with Crippen molar-refractivity contribution in [3.8, 4) is 0 Å². The highest BCUT2D eigenvalue weighted by Crippen LogP contribution is 2.23. The topological polar surface area (TPSA) is 48.5 Å². The van der Waals surface area contributed by atoms with Crippen LogP contribution in [0.4, 0.5) is 5.69 Å². The zero-order valence-corrected chi connectivity index (χ0v) is 16.5. The Morgan fingerprint density at radius 2 is 1.86 bits per heavy atom. The van der Waals surface area contributed by atoms with Gasteiger partial charge in [0, 0.05) is 50.8 Å². The minimum Gasteiger partial charge on any atom is -0.369 e. The Hall–Kier alpha value is -2.70. The molecule has 1 saturated heterocycles. The maximum Gasteiger partial charge on any atom is 0.261 e. The fraction of sp³-hybridized carbons (Fsp3) is 0.273. The molecule has 3 heterocycles. The monoisotopic (exact) mass is 392 g/mol. The van der Waals surface area contributed by atoms with Crippen molar-refractivity contribution in [3.05, 3.63) is 82.8 Å². The number of pyridine rings is 1. The number of rotatable bonds is 6. The minimum absolute atomic E-state index is 0.00758. The van der Waals surface area contributed by atoms with Crippen molar-refractivity contribution >= 4 is 22.9 Å². The van der Waals surface area contributed by atoms with Crippen LogP contribution in [-0.4, -0.2) is 48.5 Å². The van der Waals surface area contributed by atoms with Crippen LogP contribution in [0.3, 0.4) is 0 Å². The molecule has 1 unspecified atom stereocenters. The summed E-state index contributed by atoms with van der Waals surface area (Å²) in [6.45, 7) is 4.42. The predicted molar refractivity (Wildman–Crippen MR) is 114 cm³/mol. The Morgan fingerprint density at radius 1 is 1.04 bits per heavy atom. The van der Waals surface area contributed by atoms with E-state index in [0.717, 1.165) is 36.6 Å². The van der Waals surface area contributed by atoms with Crippen molar-refractivity contribution in [2.24, 2.45) is 0 Å². The van der Waals surface area contributed by atoms with Gasteiger partial charge in [-0.15, -0.1) is 11.3 Å². The molecule has 1 aliphatic rings. The second-order valence-corrected chi connectivity index (χ2v) is 7.80. The summed E-state index contributed by atoms with van der Waals surface area (Å²) in [5.74, 6) is -0.00758. The predicted octanol–water partition coefficient (Wildman–Crippen LogP) is 3.44. The SMILES string of the molecule is O=C(NCC(c1cccnc1)N1CCN(c2ccccc2)CC1)c1cccs1. The third-order valence-electron chi connectivity index (χ3n) is 5.15. The summed E-state index contributed by atoms with van der Waals surface area (Å²) in [5, 5.41) is 5.04. The molecule has 1 atom stereocenters. The number of benzene rings is 1. The summed E-state index contributed by atoms with van der Waals surface area (Å²) >= 11 is 1.47. The fourth-order valence-electron chi connectivity index (χ4n) is 3.65. The molecule has 0 radical (unpaired) electrons. The average Bonchev–Trinajstić information content (AvgIpc) is 3.31. The molecule has 2 aromatic heterocycles. The largest absolute Gasteiger partial charge is 0.369 e. The lowest BCUT2D eigenvalue weighted by Crippen LogP contribution is -2.49. The van der Waals surface area contributed by atoms with Gasteiger partial charge < -0.3 is 10.2 Å². The summed E-state index contributed by atoms with van der Waals surface area (Å²) in [7, 11) is 0. The van der Waals surface area contributed by atoms with E-state index in [0.29, 0.717) is 6.54 Å². The first-order chi connectivity index (χ1) is 13.8. The molecule has 4 rings (SSSR count). The summed E-state index contributed by atoms with van der Waals surface area (Å²) in [6, 6.07) is 18.5. The molecule has 1 amide bonds. The second-order valence-electron chi connectivity index (χ2n) is 6.85. The number of para-hydroxylation sites is 1. The van der Waals surface area contributed by atoms with Crippen LogP contribution in [0.2, 0.25) is 0 Å². The fourth-order valence-corrected chi connectivity index (χ4v) is 4.29. The molecule has 28 heavy (non-hydrogen) atoms. The highest BCUT2D eigenvalue weighted by Gasteiger charge is 2.26. The second kappa shape index (κ2) is 8.99. The number of aromatic nitrogens is 1. The van der Waals surface area contributed by atoms with Crippen LogP contribution in [0.1, 0.15) is 21.3 Å². The number of nitrogens with one attached hydrogen (secondary N) is 1. The quantitative estimate of drug-likeness (QED) is 0.698. The van der Waals surface area contributed by atoms with Crippen molar-refractivity contribution in [2.45, 2.75) is 6.04 Å². The number of hydrogen-bond acceptors (Lipinski definition) is 5. The van der Waals surface area contributed by atoms with Gasteiger partial charge in [0.15, 0.2) is 0 Å². The molecular weight excluding hydrogens is 368 g/mol. The van der Waals surface area contributed by atoms with E-state index >= 15 is 0 Å². The number of nitrogens with zero attached hydrogens (tertiary/aromatic N) is 3. The molecule has 1 fully saturated rings. The summed E-state index contributed by atoms with van der Waals surface area (Å²) < 4.78 is 0. The molecule has 1 N–H and O–H groups in total. The number of thiophene rings is 1.